The van der Waals surface area contributed by atoms with Gasteiger partial charge in [-0.3, -0.25) is 28.8 Å². The van der Waals surface area contributed by atoms with E-state index in [0.29, 0.717) is 36.5 Å². The second-order valence-corrected chi connectivity index (χ2v) is 12.2. The summed E-state index contributed by atoms with van der Waals surface area (Å²) in [7, 11) is 0. The molecule has 0 saturated carbocycles. The zero-order valence-electron chi connectivity index (χ0n) is 23.4. The zero-order valence-corrected chi connectivity index (χ0v) is 25.8. The molecule has 6 amide bonds. The molecule has 0 bridgehead atoms. The Bertz CT molecular complexity index is 770. The fraction of sp³-hybridized carbons (Fsp3) is 0.750. The van der Waals surface area contributed by atoms with Gasteiger partial charge in [-0.15, -0.1) is 0 Å². The lowest BCUT2D eigenvalue weighted by Gasteiger charge is -2.27. The van der Waals surface area contributed by atoms with Crippen molar-refractivity contribution in [3.63, 3.8) is 0 Å². The Labute approximate surface area is 243 Å². The largest absolute Gasteiger partial charge is 0.343 e. The molecule has 0 aliphatic carbocycles. The second-order valence-electron chi connectivity index (χ2n) is 9.22. The van der Waals surface area contributed by atoms with Gasteiger partial charge in [0, 0.05) is 0 Å². The molecule has 1 heterocycles. The van der Waals surface area contributed by atoms with Crippen LogP contribution in [0.4, 0.5) is 0 Å². The van der Waals surface area contributed by atoms with Gasteiger partial charge in [-0.25, -0.2) is 0 Å². The Balaban J connectivity index is 3.32. The minimum Gasteiger partial charge on any atom is -0.343 e. The monoisotopic (exact) mass is 606 g/mol. The summed E-state index contributed by atoms with van der Waals surface area (Å²) in [6, 6.07) is -5.82. The molecule has 1 rings (SSSR count). The fourth-order valence-electron chi connectivity index (χ4n) is 3.54. The molecule has 6 N–H and O–H groups in total. The van der Waals surface area contributed by atoms with Crippen LogP contribution in [0.25, 0.3) is 0 Å². The topological polar surface area (TPSA) is 175 Å². The number of amides is 6. The quantitative estimate of drug-likeness (QED) is 0.197. The maximum atomic E-state index is 13.0. The maximum absolute atomic E-state index is 13.0. The number of carbonyl (C=O) groups is 6. The molecule has 0 radical (unpaired) electrons. The van der Waals surface area contributed by atoms with Gasteiger partial charge in [0.1, 0.15) is 36.3 Å². The van der Waals surface area contributed by atoms with Crippen molar-refractivity contribution in [1.29, 1.82) is 0 Å². The van der Waals surface area contributed by atoms with E-state index in [-0.39, 0.29) is 0 Å². The number of nitrogens with one attached hydrogen (secondary N) is 6. The van der Waals surface area contributed by atoms with Gasteiger partial charge in [-0.1, -0.05) is 0 Å². The lowest BCUT2D eigenvalue weighted by atomic mass is 10.1. The third-order valence-electron chi connectivity index (χ3n) is 5.99. The Hall–Kier alpha value is -2.13. The molecule has 1 aliphatic heterocycles. The van der Waals surface area contributed by atoms with E-state index < -0.39 is 71.7 Å². The van der Waals surface area contributed by atoms with Gasteiger partial charge >= 0.3 is 0 Å². The minimum atomic E-state index is -0.996. The molecule has 0 aromatic rings. The molecule has 1 aliphatic rings. The van der Waals surface area contributed by atoms with Crippen LogP contribution < -0.4 is 31.9 Å². The molecular formula is C24H42N6O6S3. The normalized spacial score (nSPS) is 28.2. The zero-order chi connectivity index (χ0) is 29.5. The molecule has 12 nitrogen and oxygen atoms in total. The van der Waals surface area contributed by atoms with Crippen molar-refractivity contribution in [2.45, 2.75) is 76.3 Å². The van der Waals surface area contributed by atoms with Crippen LogP contribution in [0.3, 0.4) is 0 Å². The average Bonchev–Trinajstić information content (AvgIpc) is 2.89. The number of thioether (sulfide) groups is 3. The molecule has 1 fully saturated rings. The van der Waals surface area contributed by atoms with Crippen LogP contribution in [0, 0.1) is 0 Å². The van der Waals surface area contributed by atoms with Gasteiger partial charge in [0.15, 0.2) is 0 Å². The number of rotatable bonds is 9. The smallest absolute Gasteiger partial charge is 0.243 e. The van der Waals surface area contributed by atoms with Crippen LogP contribution in [0.15, 0.2) is 0 Å². The van der Waals surface area contributed by atoms with Gasteiger partial charge in [0.25, 0.3) is 0 Å². The van der Waals surface area contributed by atoms with E-state index in [9.17, 15) is 28.8 Å². The van der Waals surface area contributed by atoms with Crippen molar-refractivity contribution in [2.24, 2.45) is 0 Å². The minimum absolute atomic E-state index is 0.302. The average molecular weight is 607 g/mol. The van der Waals surface area contributed by atoms with Crippen molar-refractivity contribution in [3.8, 4) is 0 Å². The molecule has 6 atom stereocenters. The van der Waals surface area contributed by atoms with Gasteiger partial charge in [0.05, 0.1) is 0 Å². The van der Waals surface area contributed by atoms with E-state index in [1.54, 1.807) is 0 Å². The standard InChI is InChI=1S/C24H42N6O6S3/c1-13-19(31)28-17(8-11-38-5)23(35)26-15(3)21(33)30-18(9-12-39-6)24(36)27-14(2)20(32)29-16(7-10-37-4)22(34)25-13/h13-18H,7-12H2,1-6H3,(H,25,34)(H,26,35)(H,27,36)(H,28,31)(H,29,32)(H,30,33)/t13-,14-,15-,16-,17-,18-/m0/s1. The van der Waals surface area contributed by atoms with E-state index in [1.165, 1.54) is 56.1 Å². The fourth-order valence-corrected chi connectivity index (χ4v) is 4.96. The van der Waals surface area contributed by atoms with Crippen LogP contribution >= 0.6 is 35.3 Å². The first-order valence-electron chi connectivity index (χ1n) is 12.7. The van der Waals surface area contributed by atoms with Crippen molar-refractivity contribution in [3.05, 3.63) is 0 Å². The summed E-state index contributed by atoms with van der Waals surface area (Å²) in [5.74, 6) is -1.68. The lowest BCUT2D eigenvalue weighted by molar-refractivity contribution is -0.136. The summed E-state index contributed by atoms with van der Waals surface area (Å²) in [6.07, 6.45) is 6.50. The molecule has 0 unspecified atom stereocenters. The molecule has 222 valence electrons. The van der Waals surface area contributed by atoms with E-state index in [2.05, 4.69) is 31.9 Å². The van der Waals surface area contributed by atoms with E-state index in [4.69, 9.17) is 0 Å². The SMILES string of the molecule is CSCC[C@@H]1NC(=O)[C@H](C)NC(=O)[C@H](CCSC)NC(=O)[C@H](C)NC(=O)[C@H](CCSC)NC(=O)[C@H](C)NC1=O. The summed E-state index contributed by atoms with van der Waals surface area (Å²) >= 11 is 4.48. The highest BCUT2D eigenvalue weighted by atomic mass is 32.2. The summed E-state index contributed by atoms with van der Waals surface area (Å²) in [4.78, 5) is 77.8. The highest BCUT2D eigenvalue weighted by Crippen LogP contribution is 2.07. The van der Waals surface area contributed by atoms with Crippen LogP contribution in [-0.2, 0) is 28.8 Å². The van der Waals surface area contributed by atoms with E-state index >= 15 is 0 Å². The maximum Gasteiger partial charge on any atom is 0.243 e. The summed E-state index contributed by atoms with van der Waals surface area (Å²) in [5, 5.41) is 15.8. The second kappa shape index (κ2) is 18.3. The molecule has 15 heteroatoms. The molecule has 0 aromatic heterocycles. The van der Waals surface area contributed by atoms with Crippen molar-refractivity contribution < 1.29 is 28.8 Å². The van der Waals surface area contributed by atoms with Crippen molar-refractivity contribution in [1.82, 2.24) is 31.9 Å². The highest BCUT2D eigenvalue weighted by Gasteiger charge is 2.31. The Morgan fingerprint density at radius 3 is 0.872 bits per heavy atom. The van der Waals surface area contributed by atoms with Gasteiger partial charge in [-0.2, -0.15) is 35.3 Å². The first-order chi connectivity index (χ1) is 18.4. The summed E-state index contributed by atoms with van der Waals surface area (Å²) < 4.78 is 0. The number of carbonyl (C=O) groups excluding carboxylic acids is 6. The summed E-state index contributed by atoms with van der Waals surface area (Å²) in [6.45, 7) is 4.45. The molecule has 0 spiro atoms. The van der Waals surface area contributed by atoms with E-state index in [0.717, 1.165) is 0 Å². The first kappa shape index (κ1) is 34.9. The van der Waals surface area contributed by atoms with Crippen LogP contribution in [0.5, 0.6) is 0 Å². The van der Waals surface area contributed by atoms with Gasteiger partial charge in [-0.05, 0) is 76.1 Å². The third kappa shape index (κ3) is 12.3. The Morgan fingerprint density at radius 1 is 0.436 bits per heavy atom. The molecule has 39 heavy (non-hydrogen) atoms. The Morgan fingerprint density at radius 2 is 0.667 bits per heavy atom. The molecule has 0 aromatic carbocycles. The summed E-state index contributed by atoms with van der Waals surface area (Å²) in [5.41, 5.74) is 0. The highest BCUT2D eigenvalue weighted by molar-refractivity contribution is 7.98. The number of hydrogen-bond donors (Lipinski definition) is 6. The third-order valence-corrected chi connectivity index (χ3v) is 7.92. The molecular weight excluding hydrogens is 565 g/mol. The van der Waals surface area contributed by atoms with Crippen LogP contribution in [0.1, 0.15) is 40.0 Å². The number of hydrogen-bond acceptors (Lipinski definition) is 9. The predicted molar refractivity (Wildman–Crippen MR) is 158 cm³/mol. The van der Waals surface area contributed by atoms with Gasteiger partial charge in [0.2, 0.25) is 35.4 Å². The molecule has 1 saturated heterocycles. The first-order valence-corrected chi connectivity index (χ1v) is 16.9. The lowest BCUT2D eigenvalue weighted by Crippen LogP contribution is -2.60. The van der Waals surface area contributed by atoms with Crippen molar-refractivity contribution >= 4 is 70.7 Å². The van der Waals surface area contributed by atoms with Crippen molar-refractivity contribution in [2.75, 3.05) is 36.0 Å². The van der Waals surface area contributed by atoms with E-state index in [1.807, 2.05) is 18.8 Å². The van der Waals surface area contributed by atoms with Crippen LogP contribution in [0.2, 0.25) is 0 Å². The van der Waals surface area contributed by atoms with Crippen LogP contribution in [-0.4, -0.2) is 108 Å². The Kier molecular flexibility index (Phi) is 16.3. The predicted octanol–water partition coefficient (Wildman–Crippen LogP) is -0.772. The van der Waals surface area contributed by atoms with Gasteiger partial charge < -0.3 is 31.9 Å².